The summed E-state index contributed by atoms with van der Waals surface area (Å²) in [6.45, 7) is 1.51. The maximum Gasteiger partial charge on any atom is 0.430 e. The average molecular weight is 463 g/mol. The maximum absolute atomic E-state index is 13.0. The fourth-order valence-corrected chi connectivity index (χ4v) is 4.62. The molecule has 6 nitrogen and oxygen atoms in total. The number of benzene rings is 1. The summed E-state index contributed by atoms with van der Waals surface area (Å²) in [4.78, 5) is 12.4. The molecule has 170 valence electrons. The second-order valence-corrected chi connectivity index (χ2v) is 9.17. The lowest BCUT2D eigenvalue weighted by molar-refractivity contribution is -0.376. The van der Waals surface area contributed by atoms with Crippen LogP contribution in [0.5, 0.6) is 0 Å². The molecule has 2 N–H and O–H groups in total. The quantitative estimate of drug-likeness (QED) is 0.516. The number of carbonyl (C=O) groups is 1. The average Bonchev–Trinajstić information content (AvgIpc) is 2.62. The molecule has 13 heteroatoms. The summed E-state index contributed by atoms with van der Waals surface area (Å²) in [5.41, 5.74) is -8.08. The van der Waals surface area contributed by atoms with Gasteiger partial charge < -0.3 is 15.2 Å². The molecule has 1 aromatic carbocycles. The number of halogens is 6. The van der Waals surface area contributed by atoms with E-state index < -0.39 is 44.9 Å². The first-order valence-corrected chi connectivity index (χ1v) is 10.5. The summed E-state index contributed by atoms with van der Waals surface area (Å²) in [6.07, 6.45) is -12.4. The summed E-state index contributed by atoms with van der Waals surface area (Å²) >= 11 is 0. The first-order chi connectivity index (χ1) is 13.6. The summed E-state index contributed by atoms with van der Waals surface area (Å²) in [7, 11) is -3.38. The van der Waals surface area contributed by atoms with E-state index in [4.69, 9.17) is 4.74 Å². The minimum absolute atomic E-state index is 0.0157. The molecule has 0 spiro atoms. The molecule has 0 aromatic heterocycles. The molecular weight excluding hydrogens is 444 g/mol. The van der Waals surface area contributed by atoms with Gasteiger partial charge >= 0.3 is 18.3 Å². The van der Waals surface area contributed by atoms with Gasteiger partial charge in [0.1, 0.15) is 5.54 Å². The van der Waals surface area contributed by atoms with Crippen molar-refractivity contribution in [3.8, 4) is 0 Å². The highest BCUT2D eigenvalue weighted by molar-refractivity contribution is 7.91. The molecule has 0 unspecified atom stereocenters. The number of hydrogen-bond donors (Lipinski definition) is 2. The molecule has 1 aliphatic rings. The number of alkyl halides is 6. The van der Waals surface area contributed by atoms with Gasteiger partial charge in [-0.25, -0.2) is 13.2 Å². The number of carbonyl (C=O) groups excluding carboxylic acids is 1. The van der Waals surface area contributed by atoms with Crippen molar-refractivity contribution in [2.24, 2.45) is 0 Å². The van der Waals surface area contributed by atoms with Crippen LogP contribution in [0.2, 0.25) is 0 Å². The van der Waals surface area contributed by atoms with Gasteiger partial charge in [-0.1, -0.05) is 12.1 Å². The van der Waals surface area contributed by atoms with E-state index in [1.807, 2.05) is 0 Å². The van der Waals surface area contributed by atoms with Crippen LogP contribution in [0.25, 0.3) is 0 Å². The van der Waals surface area contributed by atoms with Crippen molar-refractivity contribution in [2.45, 2.75) is 43.3 Å². The Kier molecular flexibility index (Phi) is 6.39. The zero-order chi connectivity index (χ0) is 23.0. The van der Waals surface area contributed by atoms with Gasteiger partial charge in [0.05, 0.1) is 18.1 Å². The van der Waals surface area contributed by atoms with Gasteiger partial charge in [0, 0.05) is 11.3 Å². The highest BCUT2D eigenvalue weighted by atomic mass is 32.2. The van der Waals surface area contributed by atoms with Crippen LogP contribution in [0.4, 0.5) is 32.0 Å². The third-order valence-electron chi connectivity index (χ3n) is 4.85. The number of rotatable bonds is 5. The fraction of sp³-hybridized carbons (Fsp3) is 0.588. The van der Waals surface area contributed by atoms with Crippen LogP contribution in [-0.2, 0) is 25.0 Å². The van der Waals surface area contributed by atoms with Crippen molar-refractivity contribution in [3.05, 3.63) is 29.8 Å². The Hall–Kier alpha value is -2.02. The number of aliphatic hydroxyl groups is 1. The van der Waals surface area contributed by atoms with Crippen LogP contribution < -0.4 is 5.32 Å². The Morgan fingerprint density at radius 1 is 1.07 bits per heavy atom. The van der Waals surface area contributed by atoms with Gasteiger partial charge in [0.2, 0.25) is 0 Å². The van der Waals surface area contributed by atoms with Gasteiger partial charge in [-0.2, -0.15) is 26.3 Å². The van der Waals surface area contributed by atoms with Crippen LogP contribution in [-0.4, -0.2) is 55.5 Å². The van der Waals surface area contributed by atoms with Crippen molar-refractivity contribution in [3.63, 3.8) is 0 Å². The van der Waals surface area contributed by atoms with Crippen LogP contribution in [0, 0.1) is 0 Å². The fourth-order valence-electron chi connectivity index (χ4n) is 3.10. The standard InChI is InChI=1S/C17H19F6NO5S/c1-2-29-13(25)14(7-9-30(27,28)10-8-14)24-12-5-3-11(4-6-12)15(26,16(18,19)20)17(21,22)23/h3-6,24,26H,2,7-10H2,1H3. The summed E-state index contributed by atoms with van der Waals surface area (Å²) in [5.74, 6) is -1.48. The minimum Gasteiger partial charge on any atom is -0.464 e. The predicted octanol–water partition coefficient (Wildman–Crippen LogP) is 2.92. The Morgan fingerprint density at radius 2 is 1.53 bits per heavy atom. The lowest BCUT2D eigenvalue weighted by atomic mass is 9.90. The molecule has 1 heterocycles. The van der Waals surface area contributed by atoms with Gasteiger partial charge in [-0.05, 0) is 31.9 Å². The number of hydrogen-bond acceptors (Lipinski definition) is 6. The molecule has 1 aliphatic heterocycles. The second-order valence-electron chi connectivity index (χ2n) is 6.86. The van der Waals surface area contributed by atoms with Crippen LogP contribution >= 0.6 is 0 Å². The highest BCUT2D eigenvalue weighted by Crippen LogP contribution is 2.50. The van der Waals surface area contributed by atoms with E-state index in [9.17, 15) is 44.7 Å². The van der Waals surface area contributed by atoms with E-state index >= 15 is 0 Å². The first kappa shape index (κ1) is 24.3. The maximum atomic E-state index is 13.0. The lowest BCUT2D eigenvalue weighted by Gasteiger charge is -2.36. The molecule has 1 fully saturated rings. The summed E-state index contributed by atoms with van der Waals surface area (Å²) in [5, 5.41) is 12.1. The molecule has 0 aliphatic carbocycles. The first-order valence-electron chi connectivity index (χ1n) is 8.70. The van der Waals surface area contributed by atoms with E-state index in [-0.39, 0.29) is 36.6 Å². The number of ether oxygens (including phenoxy) is 1. The molecule has 0 radical (unpaired) electrons. The number of anilines is 1. The van der Waals surface area contributed by atoms with E-state index in [1.54, 1.807) is 0 Å². The zero-order valence-electron chi connectivity index (χ0n) is 15.6. The zero-order valence-corrected chi connectivity index (χ0v) is 16.4. The van der Waals surface area contributed by atoms with Crippen LogP contribution in [0.1, 0.15) is 25.3 Å². The smallest absolute Gasteiger partial charge is 0.430 e. The molecule has 1 saturated heterocycles. The Labute approximate surface area is 168 Å². The Bertz CT molecular complexity index is 851. The van der Waals surface area contributed by atoms with Crippen molar-refractivity contribution in [1.82, 2.24) is 0 Å². The normalized spacial score (nSPS) is 19.2. The molecule has 1 aromatic rings. The van der Waals surface area contributed by atoms with E-state index in [0.717, 1.165) is 12.1 Å². The van der Waals surface area contributed by atoms with Gasteiger partial charge in [-0.3, -0.25) is 0 Å². The third-order valence-corrected chi connectivity index (χ3v) is 6.50. The molecular formula is C17H19F6NO5S. The lowest BCUT2D eigenvalue weighted by Crippen LogP contribution is -2.54. The second kappa shape index (κ2) is 7.91. The van der Waals surface area contributed by atoms with Crippen molar-refractivity contribution < 1.29 is 49.4 Å². The summed E-state index contributed by atoms with van der Waals surface area (Å²) in [6, 6.07) is 2.53. The van der Waals surface area contributed by atoms with Gasteiger partial charge in [0.15, 0.2) is 9.84 Å². The number of sulfone groups is 1. The largest absolute Gasteiger partial charge is 0.464 e. The van der Waals surface area contributed by atoms with Crippen molar-refractivity contribution in [1.29, 1.82) is 0 Å². The molecule has 0 atom stereocenters. The third kappa shape index (κ3) is 4.51. The minimum atomic E-state index is -6.02. The monoisotopic (exact) mass is 463 g/mol. The van der Waals surface area contributed by atoms with Crippen LogP contribution in [0.3, 0.4) is 0 Å². The molecule has 0 saturated carbocycles. The number of nitrogens with one attached hydrogen (secondary N) is 1. The number of esters is 1. The van der Waals surface area contributed by atoms with E-state index in [2.05, 4.69) is 5.32 Å². The van der Waals surface area contributed by atoms with Gasteiger partial charge in [-0.15, -0.1) is 0 Å². The Balaban J connectivity index is 2.37. The molecule has 2 rings (SSSR count). The van der Waals surface area contributed by atoms with E-state index in [0.29, 0.717) is 12.1 Å². The predicted molar refractivity (Wildman–Crippen MR) is 93.3 cm³/mol. The SMILES string of the molecule is CCOC(=O)C1(Nc2ccc(C(O)(C(F)(F)F)C(F)(F)F)cc2)CCS(=O)(=O)CC1. The molecule has 30 heavy (non-hydrogen) atoms. The van der Waals surface area contributed by atoms with E-state index in [1.165, 1.54) is 6.92 Å². The highest BCUT2D eigenvalue weighted by Gasteiger charge is 2.71. The topological polar surface area (TPSA) is 92.7 Å². The molecule has 0 amide bonds. The molecule has 0 bridgehead atoms. The van der Waals surface area contributed by atoms with Gasteiger partial charge in [0.25, 0.3) is 5.60 Å². The summed E-state index contributed by atoms with van der Waals surface area (Å²) < 4.78 is 106. The van der Waals surface area contributed by atoms with Crippen LogP contribution in [0.15, 0.2) is 24.3 Å². The van der Waals surface area contributed by atoms with Crippen molar-refractivity contribution >= 4 is 21.5 Å². The Morgan fingerprint density at radius 3 is 1.93 bits per heavy atom. The van der Waals surface area contributed by atoms with Crippen molar-refractivity contribution in [2.75, 3.05) is 23.4 Å².